The molecule has 1 heterocycles. The fraction of sp³-hybridized carbons (Fsp3) is 0.167. The van der Waals surface area contributed by atoms with E-state index in [-0.39, 0.29) is 21.5 Å². The number of nitrogens with one attached hydrogen (secondary N) is 3. The zero-order valence-corrected chi connectivity index (χ0v) is 17.3. The summed E-state index contributed by atoms with van der Waals surface area (Å²) < 4.78 is 5.17. The smallest absolute Gasteiger partial charge is 0.344 e. The first-order valence-electron chi connectivity index (χ1n) is 8.48. The highest BCUT2D eigenvalue weighted by Crippen LogP contribution is 2.30. The zero-order chi connectivity index (χ0) is 22.1. The van der Waals surface area contributed by atoms with Crippen molar-refractivity contribution in [3.05, 3.63) is 63.2 Å². The number of amides is 3. The van der Waals surface area contributed by atoms with Crippen LogP contribution in [0.1, 0.15) is 12.5 Å². The summed E-state index contributed by atoms with van der Waals surface area (Å²) in [6.45, 7) is 1.55. The van der Waals surface area contributed by atoms with Crippen LogP contribution in [0.4, 0.5) is 16.2 Å². The molecule has 0 aromatic heterocycles. The quantitative estimate of drug-likeness (QED) is 0.275. The van der Waals surface area contributed by atoms with Crippen LogP contribution in [0.2, 0.25) is 5.02 Å². The molecule has 3 N–H and O–H groups in total. The number of urea groups is 1. The summed E-state index contributed by atoms with van der Waals surface area (Å²) >= 11 is 11.2. The van der Waals surface area contributed by atoms with Crippen molar-refractivity contribution in [3.63, 3.8) is 0 Å². The molecule has 1 aliphatic rings. The van der Waals surface area contributed by atoms with E-state index in [4.69, 9.17) is 28.6 Å². The fourth-order valence-electron chi connectivity index (χ4n) is 2.84. The normalized spacial score (nSPS) is 18.0. The van der Waals surface area contributed by atoms with Crippen molar-refractivity contribution in [2.75, 3.05) is 12.4 Å². The molecule has 0 saturated carbocycles. The van der Waals surface area contributed by atoms with Gasteiger partial charge in [0.1, 0.15) is 11.3 Å². The Morgan fingerprint density at radius 1 is 1.30 bits per heavy atom. The maximum atomic E-state index is 13.0. The Kier molecular flexibility index (Phi) is 5.76. The van der Waals surface area contributed by atoms with Crippen LogP contribution >= 0.6 is 23.8 Å². The summed E-state index contributed by atoms with van der Waals surface area (Å²) in [6.07, 6.45) is 0. The monoisotopic (exact) mass is 449 g/mol. The number of methoxy groups -OCH3 is 1. The minimum Gasteiger partial charge on any atom is -0.497 e. The molecule has 3 rings (SSSR count). The fourth-order valence-corrected chi connectivity index (χ4v) is 3.21. The van der Waals surface area contributed by atoms with Crippen molar-refractivity contribution >= 4 is 52.2 Å². The Balaban J connectivity index is 1.78. The van der Waals surface area contributed by atoms with Gasteiger partial charge >= 0.3 is 6.03 Å². The summed E-state index contributed by atoms with van der Waals surface area (Å²) in [7, 11) is 1.49. The first kappa shape index (κ1) is 21.3. The number of non-ortho nitro benzene ring substituents is 1. The van der Waals surface area contributed by atoms with Crippen molar-refractivity contribution in [1.82, 2.24) is 15.8 Å². The van der Waals surface area contributed by atoms with E-state index in [2.05, 4.69) is 16.1 Å². The summed E-state index contributed by atoms with van der Waals surface area (Å²) in [5.41, 5.74) is 1.60. The lowest BCUT2D eigenvalue weighted by Gasteiger charge is -2.23. The number of hydrazine groups is 1. The van der Waals surface area contributed by atoms with E-state index in [1.807, 2.05) is 0 Å². The van der Waals surface area contributed by atoms with E-state index in [0.717, 1.165) is 5.01 Å². The van der Waals surface area contributed by atoms with Gasteiger partial charge in [0.05, 0.1) is 22.7 Å². The topological polar surface area (TPSA) is 126 Å². The summed E-state index contributed by atoms with van der Waals surface area (Å²) in [5.74, 6) is -0.0743. The van der Waals surface area contributed by atoms with Gasteiger partial charge in [-0.05, 0) is 42.9 Å². The largest absolute Gasteiger partial charge is 0.497 e. The molecule has 2 aromatic rings. The van der Waals surface area contributed by atoms with Gasteiger partial charge in [0.2, 0.25) is 0 Å². The lowest BCUT2D eigenvalue weighted by molar-refractivity contribution is -0.384. The van der Waals surface area contributed by atoms with Crippen molar-refractivity contribution in [2.45, 2.75) is 12.5 Å². The Bertz CT molecular complexity index is 1070. The zero-order valence-electron chi connectivity index (χ0n) is 15.8. The molecular formula is C18H16ClN5O5S. The Hall–Kier alpha value is -3.44. The van der Waals surface area contributed by atoms with Crippen molar-refractivity contribution in [1.29, 1.82) is 0 Å². The number of hydrogen-bond donors (Lipinski definition) is 3. The summed E-state index contributed by atoms with van der Waals surface area (Å²) in [5, 5.41) is 16.9. The third kappa shape index (κ3) is 3.98. The van der Waals surface area contributed by atoms with Gasteiger partial charge in [0.15, 0.2) is 5.11 Å². The molecule has 3 amide bonds. The number of carbonyl (C=O) groups is 2. The number of imide groups is 1. The highest BCUT2D eigenvalue weighted by molar-refractivity contribution is 7.80. The second kappa shape index (κ2) is 8.13. The SMILES string of the molecule is COc1cccc(C2(C)NC(=O)N(NC(=S)Nc3cc([N+](=O)[O-])ccc3Cl)C2=O)c1. The number of ether oxygens (including phenoxy) is 1. The molecule has 0 bridgehead atoms. The molecule has 10 nitrogen and oxygen atoms in total. The van der Waals surface area contributed by atoms with Crippen LogP contribution < -0.4 is 20.8 Å². The van der Waals surface area contributed by atoms with Gasteiger partial charge in [-0.15, -0.1) is 0 Å². The molecule has 2 aromatic carbocycles. The first-order valence-corrected chi connectivity index (χ1v) is 9.27. The van der Waals surface area contributed by atoms with Crippen LogP contribution in [0.15, 0.2) is 42.5 Å². The van der Waals surface area contributed by atoms with Gasteiger partial charge in [-0.25, -0.2) is 4.79 Å². The summed E-state index contributed by atoms with van der Waals surface area (Å²) in [6, 6.07) is 9.77. The molecule has 1 unspecified atom stereocenters. The molecule has 1 fully saturated rings. The maximum absolute atomic E-state index is 13.0. The van der Waals surface area contributed by atoms with Crippen LogP contribution in [0.5, 0.6) is 5.75 Å². The van der Waals surface area contributed by atoms with Crippen LogP contribution in [0, 0.1) is 10.1 Å². The molecule has 1 aliphatic heterocycles. The van der Waals surface area contributed by atoms with Crippen LogP contribution in [0.25, 0.3) is 0 Å². The standard InChI is InChI=1S/C18H16ClN5O5S/c1-18(10-4-3-5-12(8-10)29-2)15(25)23(17(26)21-18)22-16(30)20-14-9-11(24(27)28)6-7-13(14)19/h3-9H,1-2H3,(H,21,26)(H2,20,22,30). The Morgan fingerprint density at radius 2 is 2.03 bits per heavy atom. The predicted octanol–water partition coefficient (Wildman–Crippen LogP) is 2.93. The molecule has 0 aliphatic carbocycles. The molecule has 0 spiro atoms. The van der Waals surface area contributed by atoms with Crippen molar-refractivity contribution in [3.8, 4) is 5.75 Å². The minimum absolute atomic E-state index is 0.144. The third-order valence-electron chi connectivity index (χ3n) is 4.46. The number of nitrogens with zero attached hydrogens (tertiary/aromatic N) is 2. The number of hydrogen-bond acceptors (Lipinski definition) is 6. The van der Waals surface area contributed by atoms with Crippen LogP contribution in [-0.2, 0) is 10.3 Å². The molecular weight excluding hydrogens is 434 g/mol. The highest BCUT2D eigenvalue weighted by Gasteiger charge is 2.50. The van der Waals surface area contributed by atoms with Crippen molar-refractivity contribution in [2.24, 2.45) is 0 Å². The average Bonchev–Trinajstić information content (AvgIpc) is 2.93. The van der Waals surface area contributed by atoms with Gasteiger partial charge in [0.25, 0.3) is 11.6 Å². The van der Waals surface area contributed by atoms with Gasteiger partial charge < -0.3 is 15.4 Å². The number of halogens is 1. The molecule has 12 heteroatoms. The van der Waals surface area contributed by atoms with Gasteiger partial charge in [-0.1, -0.05) is 23.7 Å². The number of nitro benzene ring substituents is 1. The Morgan fingerprint density at radius 3 is 2.70 bits per heavy atom. The maximum Gasteiger partial charge on any atom is 0.344 e. The summed E-state index contributed by atoms with van der Waals surface area (Å²) in [4.78, 5) is 35.7. The number of anilines is 1. The molecule has 1 atom stereocenters. The molecule has 0 radical (unpaired) electrons. The van der Waals surface area contributed by atoms with Gasteiger partial charge in [0, 0.05) is 12.1 Å². The van der Waals surface area contributed by atoms with E-state index in [1.165, 1.54) is 25.3 Å². The van der Waals surface area contributed by atoms with E-state index < -0.39 is 22.4 Å². The number of nitro groups is 1. The minimum atomic E-state index is -1.35. The van der Waals surface area contributed by atoms with E-state index >= 15 is 0 Å². The third-order valence-corrected chi connectivity index (χ3v) is 4.98. The second-order valence-electron chi connectivity index (χ2n) is 6.41. The number of rotatable bonds is 5. The van der Waals surface area contributed by atoms with Gasteiger partial charge in [-0.2, -0.15) is 5.01 Å². The van der Waals surface area contributed by atoms with Crippen LogP contribution in [-0.4, -0.2) is 34.1 Å². The van der Waals surface area contributed by atoms with Crippen LogP contribution in [0.3, 0.4) is 0 Å². The number of thiocarbonyl (C=S) groups is 1. The van der Waals surface area contributed by atoms with E-state index in [1.54, 1.807) is 31.2 Å². The molecule has 1 saturated heterocycles. The van der Waals surface area contributed by atoms with E-state index in [9.17, 15) is 19.7 Å². The predicted molar refractivity (Wildman–Crippen MR) is 113 cm³/mol. The number of benzene rings is 2. The molecule has 156 valence electrons. The van der Waals surface area contributed by atoms with E-state index in [0.29, 0.717) is 11.3 Å². The Labute approximate surface area is 181 Å². The lowest BCUT2D eigenvalue weighted by atomic mass is 9.92. The van der Waals surface area contributed by atoms with Crippen molar-refractivity contribution < 1.29 is 19.2 Å². The number of carbonyl (C=O) groups excluding carboxylic acids is 2. The first-order chi connectivity index (χ1) is 14.2. The lowest BCUT2D eigenvalue weighted by Crippen LogP contribution is -2.49. The highest BCUT2D eigenvalue weighted by atomic mass is 35.5. The van der Waals surface area contributed by atoms with Gasteiger partial charge in [-0.3, -0.25) is 20.3 Å². The second-order valence-corrected chi connectivity index (χ2v) is 7.23. The average molecular weight is 450 g/mol. The molecule has 30 heavy (non-hydrogen) atoms.